The van der Waals surface area contributed by atoms with Gasteiger partial charge >= 0.3 is 11.9 Å². The summed E-state index contributed by atoms with van der Waals surface area (Å²) in [6, 6.07) is 0. The van der Waals surface area contributed by atoms with Crippen LogP contribution in [0.5, 0.6) is 0 Å². The number of hydrogen-bond donors (Lipinski definition) is 3. The third-order valence-electron chi connectivity index (χ3n) is 4.91. The molecule has 0 aliphatic heterocycles. The molecule has 6 heteroatoms. The van der Waals surface area contributed by atoms with Gasteiger partial charge in [0.2, 0.25) is 0 Å². The molecule has 6 nitrogen and oxygen atoms in total. The zero-order chi connectivity index (χ0) is 20.4. The zero-order valence-corrected chi connectivity index (χ0v) is 17.4. The average molecular weight is 388 g/mol. The molecule has 0 radical (unpaired) electrons. The summed E-state index contributed by atoms with van der Waals surface area (Å²) in [6.07, 6.45) is 11.8. The van der Waals surface area contributed by atoms with E-state index in [9.17, 15) is 14.7 Å². The van der Waals surface area contributed by atoms with Gasteiger partial charge in [-0.25, -0.2) is 0 Å². The van der Waals surface area contributed by atoms with Gasteiger partial charge in [-0.1, -0.05) is 65.2 Å². The summed E-state index contributed by atoms with van der Waals surface area (Å²) in [6.45, 7) is 4.71. The minimum atomic E-state index is -1.07. The molecule has 0 amide bonds. The lowest BCUT2D eigenvalue weighted by Crippen LogP contribution is -2.53. The van der Waals surface area contributed by atoms with Crippen molar-refractivity contribution in [2.75, 3.05) is 19.8 Å². The lowest BCUT2D eigenvalue weighted by molar-refractivity contribution is -0.147. The molecule has 0 bridgehead atoms. The minimum Gasteiger partial charge on any atom is -0.480 e. The fourth-order valence-corrected chi connectivity index (χ4v) is 3.34. The molecular weight excluding hydrogens is 346 g/mol. The summed E-state index contributed by atoms with van der Waals surface area (Å²) in [5.74, 6) is -1.18. The number of ether oxygens (including phenoxy) is 1. The molecule has 0 rings (SSSR count). The number of unbranched alkanes of at least 4 members (excludes halogenated alkanes) is 7. The maximum Gasteiger partial charge on any atom is 0.323 e. The first-order chi connectivity index (χ1) is 13.0. The summed E-state index contributed by atoms with van der Waals surface area (Å²) in [5.41, 5.74) is -1.07. The molecule has 1 atom stereocenters. The maximum atomic E-state index is 11.8. The van der Waals surface area contributed by atoms with Crippen LogP contribution >= 0.6 is 0 Å². The van der Waals surface area contributed by atoms with Crippen molar-refractivity contribution in [1.82, 2.24) is 5.32 Å². The molecule has 0 aromatic rings. The summed E-state index contributed by atoms with van der Waals surface area (Å²) >= 11 is 0. The van der Waals surface area contributed by atoms with Crippen LogP contribution < -0.4 is 5.32 Å². The van der Waals surface area contributed by atoms with Crippen LogP contribution in [0.15, 0.2) is 0 Å². The van der Waals surface area contributed by atoms with Gasteiger partial charge in [0.05, 0.1) is 13.2 Å². The Bertz CT molecular complexity index is 389. The van der Waals surface area contributed by atoms with E-state index in [0.717, 1.165) is 12.8 Å². The number of aliphatic carboxylic acids is 1. The van der Waals surface area contributed by atoms with E-state index < -0.39 is 11.5 Å². The molecule has 0 aliphatic carbocycles. The topological polar surface area (TPSA) is 95.9 Å². The van der Waals surface area contributed by atoms with Gasteiger partial charge in [-0.3, -0.25) is 14.9 Å². The Labute approximate surface area is 165 Å². The first-order valence-corrected chi connectivity index (χ1v) is 10.8. The second-order valence-corrected chi connectivity index (χ2v) is 7.34. The molecule has 160 valence electrons. The number of aliphatic hydroxyl groups is 1. The number of carboxylic acid groups (broad SMARTS) is 1. The molecule has 0 spiro atoms. The van der Waals surface area contributed by atoms with Crippen molar-refractivity contribution in [3.8, 4) is 0 Å². The van der Waals surface area contributed by atoms with Crippen molar-refractivity contribution in [2.24, 2.45) is 0 Å². The van der Waals surface area contributed by atoms with Crippen LogP contribution in [0.1, 0.15) is 97.3 Å². The number of carbonyl (C=O) groups is 2. The number of β-amino-alcohol motifs (C(OH)–C–C–N with tert-alkyl or cyclic N) is 1. The maximum absolute atomic E-state index is 11.8. The predicted octanol–water partition coefficient (Wildman–Crippen LogP) is 4.05. The predicted molar refractivity (Wildman–Crippen MR) is 108 cm³/mol. The Morgan fingerprint density at radius 1 is 0.889 bits per heavy atom. The van der Waals surface area contributed by atoms with E-state index in [1.54, 1.807) is 0 Å². The van der Waals surface area contributed by atoms with E-state index in [1.165, 1.54) is 38.5 Å². The van der Waals surface area contributed by atoms with Gasteiger partial charge < -0.3 is 14.9 Å². The number of carbonyl (C=O) groups excluding carboxylic acids is 1. The SMILES string of the molecule is CCCCCCCCCCOC(=O)CCCC(CCC)(NCCO)C(=O)O. The Balaban J connectivity index is 3.93. The van der Waals surface area contributed by atoms with Crippen LogP contribution in [0.25, 0.3) is 0 Å². The fraction of sp³-hybridized carbons (Fsp3) is 0.905. The van der Waals surface area contributed by atoms with Crippen molar-refractivity contribution >= 4 is 11.9 Å². The van der Waals surface area contributed by atoms with Crippen LogP contribution in [0.4, 0.5) is 0 Å². The zero-order valence-electron chi connectivity index (χ0n) is 17.4. The van der Waals surface area contributed by atoms with E-state index >= 15 is 0 Å². The van der Waals surface area contributed by atoms with Crippen molar-refractivity contribution in [2.45, 2.75) is 103 Å². The van der Waals surface area contributed by atoms with Gasteiger partial charge in [0.1, 0.15) is 5.54 Å². The molecule has 0 aromatic heterocycles. The number of rotatable bonds is 19. The summed E-state index contributed by atoms with van der Waals surface area (Å²) in [7, 11) is 0. The molecular formula is C21H41NO5. The first kappa shape index (κ1) is 25.9. The van der Waals surface area contributed by atoms with Crippen LogP contribution in [0, 0.1) is 0 Å². The second kappa shape index (κ2) is 17.0. The van der Waals surface area contributed by atoms with Crippen molar-refractivity contribution < 1.29 is 24.5 Å². The quantitative estimate of drug-likeness (QED) is 0.229. The van der Waals surface area contributed by atoms with Gasteiger partial charge in [0.25, 0.3) is 0 Å². The molecule has 0 aliphatic rings. The number of aliphatic hydroxyl groups excluding tert-OH is 1. The third-order valence-corrected chi connectivity index (χ3v) is 4.91. The van der Waals surface area contributed by atoms with Crippen molar-refractivity contribution in [3.05, 3.63) is 0 Å². The van der Waals surface area contributed by atoms with Gasteiger partial charge in [-0.05, 0) is 25.7 Å². The Morgan fingerprint density at radius 3 is 2.07 bits per heavy atom. The largest absolute Gasteiger partial charge is 0.480 e. The van der Waals surface area contributed by atoms with Gasteiger partial charge in [0, 0.05) is 13.0 Å². The van der Waals surface area contributed by atoms with Crippen LogP contribution in [0.2, 0.25) is 0 Å². The Hall–Kier alpha value is -1.14. The van der Waals surface area contributed by atoms with E-state index in [0.29, 0.717) is 32.3 Å². The van der Waals surface area contributed by atoms with E-state index in [1.807, 2.05) is 6.92 Å². The first-order valence-electron chi connectivity index (χ1n) is 10.8. The van der Waals surface area contributed by atoms with Gasteiger partial charge in [-0.15, -0.1) is 0 Å². The molecule has 0 aromatic carbocycles. The summed E-state index contributed by atoms with van der Waals surface area (Å²) in [4.78, 5) is 23.5. The average Bonchev–Trinajstić information content (AvgIpc) is 2.64. The van der Waals surface area contributed by atoms with Gasteiger partial charge in [-0.2, -0.15) is 0 Å². The van der Waals surface area contributed by atoms with Crippen LogP contribution in [0.3, 0.4) is 0 Å². The highest BCUT2D eigenvalue weighted by Crippen LogP contribution is 2.21. The smallest absolute Gasteiger partial charge is 0.323 e. The van der Waals surface area contributed by atoms with Gasteiger partial charge in [0.15, 0.2) is 0 Å². The number of esters is 1. The lowest BCUT2D eigenvalue weighted by atomic mass is 9.87. The molecule has 27 heavy (non-hydrogen) atoms. The summed E-state index contributed by atoms with van der Waals surface area (Å²) in [5, 5.41) is 21.5. The van der Waals surface area contributed by atoms with E-state index in [-0.39, 0.29) is 25.5 Å². The Morgan fingerprint density at radius 2 is 1.52 bits per heavy atom. The van der Waals surface area contributed by atoms with E-state index in [2.05, 4.69) is 12.2 Å². The Kier molecular flexibility index (Phi) is 16.3. The standard InChI is InChI=1S/C21H41NO5/c1-3-5-6-7-8-9-10-11-18-27-19(24)13-12-15-21(14-4-2,20(25)26)22-16-17-23/h22-23H,3-18H2,1-2H3,(H,25,26). The highest BCUT2D eigenvalue weighted by molar-refractivity contribution is 5.79. The monoisotopic (exact) mass is 387 g/mol. The van der Waals surface area contributed by atoms with E-state index in [4.69, 9.17) is 9.84 Å². The minimum absolute atomic E-state index is 0.112. The van der Waals surface area contributed by atoms with Crippen LogP contribution in [-0.4, -0.2) is 47.4 Å². The summed E-state index contributed by atoms with van der Waals surface area (Å²) < 4.78 is 5.26. The lowest BCUT2D eigenvalue weighted by Gasteiger charge is -2.30. The number of hydrogen-bond acceptors (Lipinski definition) is 5. The molecule has 0 heterocycles. The molecule has 3 N–H and O–H groups in total. The van der Waals surface area contributed by atoms with Crippen LogP contribution in [-0.2, 0) is 14.3 Å². The molecule has 0 saturated carbocycles. The number of nitrogens with one attached hydrogen (secondary N) is 1. The highest BCUT2D eigenvalue weighted by Gasteiger charge is 2.36. The second-order valence-electron chi connectivity index (χ2n) is 7.34. The molecule has 0 saturated heterocycles. The number of carboxylic acids is 1. The highest BCUT2D eigenvalue weighted by atomic mass is 16.5. The van der Waals surface area contributed by atoms with Crippen molar-refractivity contribution in [3.63, 3.8) is 0 Å². The molecule has 0 fully saturated rings. The fourth-order valence-electron chi connectivity index (χ4n) is 3.34. The van der Waals surface area contributed by atoms with Crippen molar-refractivity contribution in [1.29, 1.82) is 0 Å². The normalized spacial score (nSPS) is 13.3. The molecule has 1 unspecified atom stereocenters. The third kappa shape index (κ3) is 12.8.